The van der Waals surface area contributed by atoms with Gasteiger partial charge in [-0.15, -0.1) is 0 Å². The van der Waals surface area contributed by atoms with Crippen LogP contribution in [0.5, 0.6) is 0 Å². The number of rotatable bonds is 5. The fraction of sp³-hybridized carbons (Fsp3) is 0.600. The highest BCUT2D eigenvalue weighted by molar-refractivity contribution is 7.90. The molecular formula is C15H22FNO3S. The second-order valence-corrected chi connectivity index (χ2v) is 7.52. The fourth-order valence-corrected chi connectivity index (χ4v) is 3.59. The number of sulfone groups is 1. The van der Waals surface area contributed by atoms with Crippen LogP contribution in [0.3, 0.4) is 0 Å². The molecule has 4 nitrogen and oxygen atoms in total. The number of halogens is 1. The Balaban J connectivity index is 2.11. The molecule has 0 unspecified atom stereocenters. The van der Waals surface area contributed by atoms with Gasteiger partial charge in [-0.3, -0.25) is 0 Å². The van der Waals surface area contributed by atoms with Crippen LogP contribution in [-0.4, -0.2) is 52.9 Å². The Hall–Kier alpha value is -0.980. The van der Waals surface area contributed by atoms with Crippen molar-refractivity contribution in [3.63, 3.8) is 0 Å². The van der Waals surface area contributed by atoms with Gasteiger partial charge >= 0.3 is 0 Å². The third-order valence-corrected chi connectivity index (χ3v) is 5.15. The van der Waals surface area contributed by atoms with Crippen LogP contribution in [0.15, 0.2) is 23.1 Å². The lowest BCUT2D eigenvalue weighted by Crippen LogP contribution is -2.35. The molecule has 6 heteroatoms. The van der Waals surface area contributed by atoms with Gasteiger partial charge in [-0.25, -0.2) is 12.8 Å². The van der Waals surface area contributed by atoms with E-state index in [9.17, 15) is 12.8 Å². The van der Waals surface area contributed by atoms with E-state index in [0.717, 1.165) is 38.7 Å². The first-order chi connectivity index (χ1) is 9.93. The highest BCUT2D eigenvalue weighted by Gasteiger charge is 2.25. The fourth-order valence-electron chi connectivity index (χ4n) is 2.82. The minimum Gasteiger partial charge on any atom is -0.383 e. The van der Waals surface area contributed by atoms with E-state index in [0.29, 0.717) is 12.2 Å². The van der Waals surface area contributed by atoms with E-state index < -0.39 is 15.7 Å². The van der Waals surface area contributed by atoms with Crippen molar-refractivity contribution < 1.29 is 17.5 Å². The molecule has 0 saturated carbocycles. The van der Waals surface area contributed by atoms with Gasteiger partial charge in [-0.2, -0.15) is 0 Å². The third-order valence-electron chi connectivity index (χ3n) is 4.03. The number of hydrogen-bond donors (Lipinski definition) is 0. The van der Waals surface area contributed by atoms with Crippen molar-refractivity contribution in [3.8, 4) is 0 Å². The molecule has 0 radical (unpaired) electrons. The molecule has 1 aliphatic heterocycles. The second kappa shape index (κ2) is 6.85. The van der Waals surface area contributed by atoms with Crippen LogP contribution in [0, 0.1) is 5.82 Å². The summed E-state index contributed by atoms with van der Waals surface area (Å²) in [6.07, 6.45) is 2.73. The summed E-state index contributed by atoms with van der Waals surface area (Å²) in [7, 11) is -1.84. The van der Waals surface area contributed by atoms with Gasteiger partial charge in [0.2, 0.25) is 0 Å². The van der Waals surface area contributed by atoms with Crippen LogP contribution < -0.4 is 0 Å². The highest BCUT2D eigenvalue weighted by Crippen LogP contribution is 2.32. The SMILES string of the molecule is COCCN1CCC(c2cccc(S(C)(=O)=O)c2F)CC1. The zero-order valence-electron chi connectivity index (χ0n) is 12.5. The molecule has 1 aromatic carbocycles. The monoisotopic (exact) mass is 315 g/mol. The zero-order chi connectivity index (χ0) is 15.5. The number of methoxy groups -OCH3 is 1. The summed E-state index contributed by atoms with van der Waals surface area (Å²) in [5.41, 5.74) is 0.532. The van der Waals surface area contributed by atoms with E-state index in [1.807, 2.05) is 0 Å². The number of ether oxygens (including phenoxy) is 1. The quantitative estimate of drug-likeness (QED) is 0.834. The van der Waals surface area contributed by atoms with Crippen LogP contribution in [0.1, 0.15) is 24.3 Å². The van der Waals surface area contributed by atoms with Gasteiger partial charge < -0.3 is 9.64 Å². The first-order valence-electron chi connectivity index (χ1n) is 7.13. The first kappa shape index (κ1) is 16.4. The molecule has 1 heterocycles. The number of hydrogen-bond acceptors (Lipinski definition) is 4. The maximum atomic E-state index is 14.4. The third kappa shape index (κ3) is 4.02. The molecule has 2 rings (SSSR count). The van der Waals surface area contributed by atoms with Crippen LogP contribution in [0.2, 0.25) is 0 Å². The molecule has 0 aromatic heterocycles. The molecule has 1 aliphatic rings. The average molecular weight is 315 g/mol. The van der Waals surface area contributed by atoms with Crippen molar-refractivity contribution in [3.05, 3.63) is 29.6 Å². The lowest BCUT2D eigenvalue weighted by atomic mass is 9.89. The van der Waals surface area contributed by atoms with Gasteiger partial charge in [0.15, 0.2) is 9.84 Å². The molecule has 0 amide bonds. The molecule has 1 saturated heterocycles. The molecule has 0 spiro atoms. The van der Waals surface area contributed by atoms with E-state index in [1.165, 1.54) is 6.07 Å². The van der Waals surface area contributed by atoms with Gasteiger partial charge in [0.1, 0.15) is 10.7 Å². The van der Waals surface area contributed by atoms with E-state index in [1.54, 1.807) is 19.2 Å². The highest BCUT2D eigenvalue weighted by atomic mass is 32.2. The number of benzene rings is 1. The van der Waals surface area contributed by atoms with Crippen LogP contribution in [0.4, 0.5) is 4.39 Å². The zero-order valence-corrected chi connectivity index (χ0v) is 13.3. The number of nitrogens with zero attached hydrogens (tertiary/aromatic N) is 1. The Morgan fingerprint density at radius 3 is 2.57 bits per heavy atom. The standard InChI is InChI=1S/C15H22FNO3S/c1-20-11-10-17-8-6-12(7-9-17)13-4-3-5-14(15(13)16)21(2,18)19/h3-5,12H,6-11H2,1-2H3. The summed E-state index contributed by atoms with van der Waals surface area (Å²) in [5.74, 6) is -0.485. The summed E-state index contributed by atoms with van der Waals surface area (Å²) < 4.78 is 42.7. The maximum Gasteiger partial charge on any atom is 0.178 e. The molecule has 1 fully saturated rings. The van der Waals surface area contributed by atoms with Crippen molar-refractivity contribution in [2.24, 2.45) is 0 Å². The van der Waals surface area contributed by atoms with E-state index >= 15 is 0 Å². The van der Waals surface area contributed by atoms with Crippen LogP contribution >= 0.6 is 0 Å². The summed E-state index contributed by atoms with van der Waals surface area (Å²) in [6, 6.07) is 4.67. The molecule has 0 atom stereocenters. The van der Waals surface area contributed by atoms with E-state index in [-0.39, 0.29) is 10.8 Å². The topological polar surface area (TPSA) is 46.6 Å². The lowest BCUT2D eigenvalue weighted by Gasteiger charge is -2.32. The number of piperidine rings is 1. The van der Waals surface area contributed by atoms with Crippen LogP contribution in [-0.2, 0) is 14.6 Å². The van der Waals surface area contributed by atoms with Crippen molar-refractivity contribution in [1.82, 2.24) is 4.90 Å². The van der Waals surface area contributed by atoms with Gasteiger partial charge in [0.25, 0.3) is 0 Å². The maximum absolute atomic E-state index is 14.4. The Morgan fingerprint density at radius 1 is 1.33 bits per heavy atom. The molecule has 118 valence electrons. The van der Waals surface area contributed by atoms with Gasteiger partial charge in [-0.1, -0.05) is 12.1 Å². The van der Waals surface area contributed by atoms with Gasteiger partial charge in [0, 0.05) is 19.9 Å². The summed E-state index contributed by atoms with van der Waals surface area (Å²) in [4.78, 5) is 2.10. The molecule has 0 N–H and O–H groups in total. The Bertz CT molecular complexity index is 581. The smallest absolute Gasteiger partial charge is 0.178 e. The van der Waals surface area contributed by atoms with Gasteiger partial charge in [-0.05, 0) is 43.5 Å². The summed E-state index contributed by atoms with van der Waals surface area (Å²) in [5, 5.41) is 0. The van der Waals surface area contributed by atoms with Crippen molar-refractivity contribution in [2.75, 3.05) is 39.6 Å². The first-order valence-corrected chi connectivity index (χ1v) is 9.02. The van der Waals surface area contributed by atoms with Crippen molar-refractivity contribution >= 4 is 9.84 Å². The molecule has 1 aromatic rings. The van der Waals surface area contributed by atoms with E-state index in [2.05, 4.69) is 4.90 Å². The summed E-state index contributed by atoms with van der Waals surface area (Å²) >= 11 is 0. The normalized spacial score (nSPS) is 18.0. The minimum atomic E-state index is -3.52. The van der Waals surface area contributed by atoms with Crippen molar-refractivity contribution in [2.45, 2.75) is 23.7 Å². The molecular weight excluding hydrogens is 293 g/mol. The Kier molecular flexibility index (Phi) is 5.35. The molecule has 0 bridgehead atoms. The largest absolute Gasteiger partial charge is 0.383 e. The summed E-state index contributed by atoms with van der Waals surface area (Å²) in [6.45, 7) is 3.35. The minimum absolute atomic E-state index is 0.0884. The second-order valence-electron chi connectivity index (χ2n) is 5.54. The van der Waals surface area contributed by atoms with Crippen LogP contribution in [0.25, 0.3) is 0 Å². The molecule has 0 aliphatic carbocycles. The Morgan fingerprint density at radius 2 is 2.00 bits per heavy atom. The Labute approximate surface area is 125 Å². The van der Waals surface area contributed by atoms with Crippen molar-refractivity contribution in [1.29, 1.82) is 0 Å². The molecule has 21 heavy (non-hydrogen) atoms. The lowest BCUT2D eigenvalue weighted by molar-refractivity contribution is 0.130. The van der Waals surface area contributed by atoms with E-state index in [4.69, 9.17) is 4.74 Å². The predicted molar refractivity (Wildman–Crippen MR) is 79.8 cm³/mol. The number of likely N-dealkylation sites (tertiary alicyclic amines) is 1. The predicted octanol–water partition coefficient (Wildman–Crippen LogP) is 2.05. The average Bonchev–Trinajstić information content (AvgIpc) is 2.45. The van der Waals surface area contributed by atoms with Gasteiger partial charge in [0.05, 0.1) is 6.61 Å².